The molecule has 0 aliphatic carbocycles. The van der Waals surface area contributed by atoms with Crippen LogP contribution in [0.15, 0.2) is 54.7 Å². The molecule has 1 N–H and O–H groups in total. The van der Waals surface area contributed by atoms with E-state index in [4.69, 9.17) is 0 Å². The fraction of sp³-hybridized carbons (Fsp3) is 0.176. The second-order valence-corrected chi connectivity index (χ2v) is 4.88. The van der Waals surface area contributed by atoms with Gasteiger partial charge in [-0.1, -0.05) is 30.3 Å². The van der Waals surface area contributed by atoms with Gasteiger partial charge in [0.15, 0.2) is 0 Å². The van der Waals surface area contributed by atoms with Gasteiger partial charge < -0.3 is 10.2 Å². The maximum Gasteiger partial charge on any atom is 0.244 e. The fourth-order valence-corrected chi connectivity index (χ4v) is 1.80. The summed E-state index contributed by atoms with van der Waals surface area (Å²) < 4.78 is 0. The van der Waals surface area contributed by atoms with Crippen molar-refractivity contribution in [2.75, 3.05) is 19.0 Å². The van der Waals surface area contributed by atoms with Crippen LogP contribution in [0.5, 0.6) is 0 Å². The van der Waals surface area contributed by atoms with Crippen molar-refractivity contribution in [2.24, 2.45) is 0 Å². The number of hydrogen-bond donors (Lipinski definition) is 1. The van der Waals surface area contributed by atoms with Gasteiger partial charge in [-0.3, -0.25) is 4.79 Å². The second kappa shape index (κ2) is 7.24. The highest BCUT2D eigenvalue weighted by Crippen LogP contribution is 2.09. The van der Waals surface area contributed by atoms with Gasteiger partial charge in [-0.2, -0.15) is 0 Å². The smallest absolute Gasteiger partial charge is 0.244 e. The average Bonchev–Trinajstić information content (AvgIpc) is 2.52. The van der Waals surface area contributed by atoms with Crippen molar-refractivity contribution in [3.05, 3.63) is 65.9 Å². The Labute approximate surface area is 125 Å². The number of aromatic nitrogens is 1. The molecule has 1 aromatic heterocycles. The Kier molecular flexibility index (Phi) is 5.10. The van der Waals surface area contributed by atoms with E-state index in [0.29, 0.717) is 6.54 Å². The Morgan fingerprint density at radius 3 is 2.71 bits per heavy atom. The van der Waals surface area contributed by atoms with E-state index in [2.05, 4.69) is 10.3 Å². The Balaban J connectivity index is 1.89. The van der Waals surface area contributed by atoms with E-state index in [-0.39, 0.29) is 5.91 Å². The molecule has 108 valence electrons. The van der Waals surface area contributed by atoms with Crippen molar-refractivity contribution < 1.29 is 4.79 Å². The maximum atomic E-state index is 11.8. The third-order valence-corrected chi connectivity index (χ3v) is 2.96. The van der Waals surface area contributed by atoms with Crippen LogP contribution in [0.3, 0.4) is 0 Å². The van der Waals surface area contributed by atoms with E-state index in [9.17, 15) is 4.79 Å². The van der Waals surface area contributed by atoms with Crippen molar-refractivity contribution in [2.45, 2.75) is 6.54 Å². The highest BCUT2D eigenvalue weighted by atomic mass is 16.1. The molecule has 1 aromatic carbocycles. The maximum absolute atomic E-state index is 11.8. The van der Waals surface area contributed by atoms with Crippen molar-refractivity contribution in [3.63, 3.8) is 0 Å². The van der Waals surface area contributed by atoms with Crippen molar-refractivity contribution in [3.8, 4) is 0 Å². The molecule has 0 saturated heterocycles. The van der Waals surface area contributed by atoms with Crippen LogP contribution in [0.4, 0.5) is 5.82 Å². The third-order valence-electron chi connectivity index (χ3n) is 2.96. The topological polar surface area (TPSA) is 45.2 Å². The summed E-state index contributed by atoms with van der Waals surface area (Å²) in [7, 11) is 3.88. The predicted octanol–water partition coefficient (Wildman–Crippen LogP) is 2.48. The minimum atomic E-state index is -0.109. The van der Waals surface area contributed by atoms with E-state index in [0.717, 1.165) is 16.9 Å². The standard InChI is InChI=1S/C17H19N3O/c1-20(2)16-12-15(10-11-18-16)13-19-17(21)9-8-14-6-4-3-5-7-14/h3-12H,13H2,1-2H3,(H,19,21)/b9-8+. The van der Waals surface area contributed by atoms with Crippen LogP contribution in [0.25, 0.3) is 6.08 Å². The first-order valence-corrected chi connectivity index (χ1v) is 6.78. The molecule has 0 fully saturated rings. The zero-order chi connectivity index (χ0) is 15.1. The zero-order valence-electron chi connectivity index (χ0n) is 12.3. The van der Waals surface area contributed by atoms with Crippen molar-refractivity contribution >= 4 is 17.8 Å². The van der Waals surface area contributed by atoms with Gasteiger partial charge in [-0.25, -0.2) is 4.98 Å². The molecule has 21 heavy (non-hydrogen) atoms. The lowest BCUT2D eigenvalue weighted by molar-refractivity contribution is -0.116. The summed E-state index contributed by atoms with van der Waals surface area (Å²) in [6, 6.07) is 13.6. The van der Waals surface area contributed by atoms with Gasteiger partial charge in [-0.05, 0) is 29.3 Å². The number of pyridine rings is 1. The van der Waals surface area contributed by atoms with E-state index in [1.54, 1.807) is 18.3 Å². The van der Waals surface area contributed by atoms with Crippen LogP contribution in [0.1, 0.15) is 11.1 Å². The Morgan fingerprint density at radius 1 is 1.24 bits per heavy atom. The van der Waals surface area contributed by atoms with Gasteiger partial charge in [0.25, 0.3) is 0 Å². The quantitative estimate of drug-likeness (QED) is 0.856. The molecule has 0 saturated carbocycles. The number of benzene rings is 1. The normalized spacial score (nSPS) is 10.6. The Morgan fingerprint density at radius 2 is 2.00 bits per heavy atom. The van der Waals surface area contributed by atoms with Gasteiger partial charge >= 0.3 is 0 Å². The third kappa shape index (κ3) is 4.76. The van der Waals surface area contributed by atoms with E-state index in [1.807, 2.05) is 61.5 Å². The molecule has 2 rings (SSSR count). The molecule has 4 nitrogen and oxygen atoms in total. The SMILES string of the molecule is CN(C)c1cc(CNC(=O)/C=C/c2ccccc2)ccn1. The number of carbonyl (C=O) groups excluding carboxylic acids is 1. The second-order valence-electron chi connectivity index (χ2n) is 4.88. The number of nitrogens with zero attached hydrogens (tertiary/aromatic N) is 2. The lowest BCUT2D eigenvalue weighted by Gasteiger charge is -2.12. The van der Waals surface area contributed by atoms with Crippen LogP contribution in [0, 0.1) is 0 Å². The molecule has 0 radical (unpaired) electrons. The molecule has 1 heterocycles. The minimum absolute atomic E-state index is 0.109. The number of nitrogens with one attached hydrogen (secondary N) is 1. The van der Waals surface area contributed by atoms with E-state index < -0.39 is 0 Å². The number of anilines is 1. The molecule has 1 amide bonds. The lowest BCUT2D eigenvalue weighted by atomic mass is 10.2. The van der Waals surface area contributed by atoms with Crippen molar-refractivity contribution in [1.29, 1.82) is 0 Å². The molecule has 0 bridgehead atoms. The van der Waals surface area contributed by atoms with Gasteiger partial charge in [0.05, 0.1) is 0 Å². The summed E-state index contributed by atoms with van der Waals surface area (Å²) in [5, 5.41) is 2.86. The summed E-state index contributed by atoms with van der Waals surface area (Å²) >= 11 is 0. The molecule has 0 atom stereocenters. The van der Waals surface area contributed by atoms with Gasteiger partial charge in [0.1, 0.15) is 5.82 Å². The van der Waals surface area contributed by atoms with Crippen LogP contribution in [0.2, 0.25) is 0 Å². The van der Waals surface area contributed by atoms with Crippen molar-refractivity contribution in [1.82, 2.24) is 10.3 Å². The van der Waals surface area contributed by atoms with E-state index >= 15 is 0 Å². The molecule has 0 aliphatic rings. The summed E-state index contributed by atoms with van der Waals surface area (Å²) in [5.74, 6) is 0.767. The van der Waals surface area contributed by atoms with Crippen LogP contribution >= 0.6 is 0 Å². The molecule has 0 aliphatic heterocycles. The Bertz CT molecular complexity index is 621. The monoisotopic (exact) mass is 281 g/mol. The summed E-state index contributed by atoms with van der Waals surface area (Å²) in [6.07, 6.45) is 5.09. The number of carbonyl (C=O) groups is 1. The summed E-state index contributed by atoms with van der Waals surface area (Å²) in [5.41, 5.74) is 2.03. The van der Waals surface area contributed by atoms with Gasteiger partial charge in [-0.15, -0.1) is 0 Å². The Hall–Kier alpha value is -2.62. The first kappa shape index (κ1) is 14.8. The summed E-state index contributed by atoms with van der Waals surface area (Å²) in [6.45, 7) is 0.487. The fourth-order valence-electron chi connectivity index (χ4n) is 1.80. The minimum Gasteiger partial charge on any atom is -0.363 e. The van der Waals surface area contributed by atoms with E-state index in [1.165, 1.54) is 0 Å². The molecule has 0 spiro atoms. The number of rotatable bonds is 5. The molecule has 0 unspecified atom stereocenters. The average molecular weight is 281 g/mol. The van der Waals surface area contributed by atoms with Crippen LogP contribution in [-0.2, 0) is 11.3 Å². The highest BCUT2D eigenvalue weighted by Gasteiger charge is 2.00. The molecule has 4 heteroatoms. The molecule has 2 aromatic rings. The largest absolute Gasteiger partial charge is 0.363 e. The lowest BCUT2D eigenvalue weighted by Crippen LogP contribution is -2.20. The molecular weight excluding hydrogens is 262 g/mol. The first-order chi connectivity index (χ1) is 10.1. The molecular formula is C17H19N3O. The predicted molar refractivity (Wildman–Crippen MR) is 85.9 cm³/mol. The number of hydrogen-bond acceptors (Lipinski definition) is 3. The van der Waals surface area contributed by atoms with Gasteiger partial charge in [0, 0.05) is 32.9 Å². The highest BCUT2D eigenvalue weighted by molar-refractivity contribution is 5.91. The first-order valence-electron chi connectivity index (χ1n) is 6.78. The van der Waals surface area contributed by atoms with Crippen LogP contribution in [-0.4, -0.2) is 25.0 Å². The number of amides is 1. The zero-order valence-corrected chi connectivity index (χ0v) is 12.3. The van der Waals surface area contributed by atoms with Gasteiger partial charge in [0.2, 0.25) is 5.91 Å². The summed E-state index contributed by atoms with van der Waals surface area (Å²) in [4.78, 5) is 18.0. The van der Waals surface area contributed by atoms with Crippen LogP contribution < -0.4 is 10.2 Å².